The van der Waals surface area contributed by atoms with Gasteiger partial charge in [0.25, 0.3) is 10.0 Å². The molecule has 0 spiro atoms. The number of nitrogens with zero attached hydrogens (tertiary/aromatic N) is 2. The predicted molar refractivity (Wildman–Crippen MR) is 161 cm³/mol. The van der Waals surface area contributed by atoms with E-state index >= 15 is 0 Å². The molecule has 0 fully saturated rings. The molecule has 2 amide bonds. The van der Waals surface area contributed by atoms with Gasteiger partial charge < -0.3 is 15.0 Å². The lowest BCUT2D eigenvalue weighted by Gasteiger charge is -2.32. The summed E-state index contributed by atoms with van der Waals surface area (Å²) >= 11 is 3.46. The molecular weight excluding hydrogens is 594 g/mol. The Bertz CT molecular complexity index is 1370. The first-order valence-electron chi connectivity index (χ1n) is 13.3. The number of anilines is 1. The molecule has 1 atom stereocenters. The second kappa shape index (κ2) is 14.9. The van der Waals surface area contributed by atoms with Gasteiger partial charge in [0.15, 0.2) is 0 Å². The third-order valence-corrected chi connectivity index (χ3v) is 8.57. The normalized spacial score (nSPS) is 11.9. The highest BCUT2D eigenvalue weighted by atomic mass is 79.9. The number of nitrogens with one attached hydrogen (secondary N) is 1. The number of rotatable bonds is 14. The number of hydrogen-bond donors (Lipinski definition) is 1. The molecule has 0 saturated heterocycles. The van der Waals surface area contributed by atoms with Crippen LogP contribution in [0.2, 0.25) is 0 Å². The minimum Gasteiger partial charge on any atom is -0.494 e. The molecule has 0 aliphatic heterocycles. The van der Waals surface area contributed by atoms with E-state index in [1.807, 2.05) is 38.1 Å². The molecule has 3 rings (SSSR count). The first-order chi connectivity index (χ1) is 19.2. The Labute approximate surface area is 245 Å². The van der Waals surface area contributed by atoms with Gasteiger partial charge in [-0.25, -0.2) is 8.42 Å². The number of para-hydroxylation sites is 1. The molecule has 8 nitrogen and oxygen atoms in total. The van der Waals surface area contributed by atoms with Crippen LogP contribution in [-0.2, 0) is 26.2 Å². The van der Waals surface area contributed by atoms with Crippen LogP contribution in [0, 0.1) is 0 Å². The number of hydrogen-bond acceptors (Lipinski definition) is 5. The molecule has 0 radical (unpaired) electrons. The minimum absolute atomic E-state index is 0.0245. The van der Waals surface area contributed by atoms with E-state index in [9.17, 15) is 18.0 Å². The van der Waals surface area contributed by atoms with Crippen LogP contribution in [0.3, 0.4) is 0 Å². The molecule has 0 unspecified atom stereocenters. The topological polar surface area (TPSA) is 96.0 Å². The number of unbranched alkanes of at least 4 members (excludes halogenated alkanes) is 1. The highest BCUT2D eigenvalue weighted by molar-refractivity contribution is 9.10. The van der Waals surface area contributed by atoms with Crippen molar-refractivity contribution in [3.05, 3.63) is 88.9 Å². The zero-order valence-electron chi connectivity index (χ0n) is 23.0. The molecule has 0 aliphatic rings. The van der Waals surface area contributed by atoms with E-state index in [4.69, 9.17) is 4.74 Å². The van der Waals surface area contributed by atoms with E-state index in [1.54, 1.807) is 49.4 Å². The summed E-state index contributed by atoms with van der Waals surface area (Å²) in [6.45, 7) is 6.13. The van der Waals surface area contributed by atoms with Gasteiger partial charge in [-0.05, 0) is 74.4 Å². The fourth-order valence-electron chi connectivity index (χ4n) is 4.08. The number of benzene rings is 3. The zero-order chi connectivity index (χ0) is 29.1. The number of halogens is 1. The van der Waals surface area contributed by atoms with Crippen molar-refractivity contribution in [2.45, 2.75) is 51.1 Å². The van der Waals surface area contributed by atoms with Crippen LogP contribution in [0.25, 0.3) is 0 Å². The van der Waals surface area contributed by atoms with Gasteiger partial charge in [0.05, 0.1) is 17.2 Å². The first kappa shape index (κ1) is 31.2. The number of amides is 2. The molecular formula is C30H36BrN3O5S. The maximum absolute atomic E-state index is 13.9. The van der Waals surface area contributed by atoms with Gasteiger partial charge in [-0.2, -0.15) is 0 Å². The van der Waals surface area contributed by atoms with Crippen LogP contribution in [0.5, 0.6) is 5.75 Å². The van der Waals surface area contributed by atoms with Crippen LogP contribution in [0.15, 0.2) is 88.2 Å². The summed E-state index contributed by atoms with van der Waals surface area (Å²) in [7, 11) is -4.14. The van der Waals surface area contributed by atoms with Gasteiger partial charge in [0.2, 0.25) is 11.8 Å². The SMILES string of the molecule is CCCCNC(=O)[C@@H](C)N(Cc1cccc(Br)c1)C(=O)CN(c1ccccc1)S(=O)(=O)c1ccc(OCC)cc1. The molecule has 0 heterocycles. The summed E-state index contributed by atoms with van der Waals surface area (Å²) in [5.74, 6) is -0.249. The first-order valence-corrected chi connectivity index (χ1v) is 15.5. The van der Waals surface area contributed by atoms with Crippen molar-refractivity contribution in [3.63, 3.8) is 0 Å². The van der Waals surface area contributed by atoms with Gasteiger partial charge in [-0.1, -0.05) is 59.6 Å². The Morgan fingerprint density at radius 1 is 0.975 bits per heavy atom. The Morgan fingerprint density at radius 2 is 1.68 bits per heavy atom. The summed E-state index contributed by atoms with van der Waals surface area (Å²) in [5, 5.41) is 2.89. The maximum Gasteiger partial charge on any atom is 0.264 e. The highest BCUT2D eigenvalue weighted by Gasteiger charge is 2.32. The van der Waals surface area contributed by atoms with Gasteiger partial charge in [0, 0.05) is 17.6 Å². The summed E-state index contributed by atoms with van der Waals surface area (Å²) in [5.41, 5.74) is 1.14. The lowest BCUT2D eigenvalue weighted by molar-refractivity contribution is -0.139. The smallest absolute Gasteiger partial charge is 0.264 e. The molecule has 0 saturated carbocycles. The van der Waals surface area contributed by atoms with Crippen LogP contribution in [0.4, 0.5) is 5.69 Å². The molecule has 0 bridgehead atoms. The van der Waals surface area contributed by atoms with Gasteiger partial charge in [-0.15, -0.1) is 0 Å². The molecule has 40 heavy (non-hydrogen) atoms. The van der Waals surface area contributed by atoms with E-state index in [1.165, 1.54) is 17.0 Å². The standard InChI is InChI=1S/C30H36BrN3O5S/c1-4-6-19-32-30(36)23(3)33(21-24-11-10-12-25(31)20-24)29(35)22-34(26-13-8-7-9-14-26)40(37,38)28-17-15-27(16-18-28)39-5-2/h7-18,20,23H,4-6,19,21-22H2,1-3H3,(H,32,36)/t23-/m1/s1. The summed E-state index contributed by atoms with van der Waals surface area (Å²) in [6.07, 6.45) is 1.74. The van der Waals surface area contributed by atoms with Crippen molar-refractivity contribution >= 4 is 43.5 Å². The van der Waals surface area contributed by atoms with E-state index in [0.717, 1.165) is 27.2 Å². The summed E-state index contributed by atoms with van der Waals surface area (Å²) in [4.78, 5) is 28.4. The Balaban J connectivity index is 1.97. The quantitative estimate of drug-likeness (QED) is 0.242. The van der Waals surface area contributed by atoms with E-state index in [2.05, 4.69) is 21.2 Å². The van der Waals surface area contributed by atoms with Crippen molar-refractivity contribution in [2.75, 3.05) is 24.0 Å². The van der Waals surface area contributed by atoms with Gasteiger partial charge >= 0.3 is 0 Å². The largest absolute Gasteiger partial charge is 0.494 e. The summed E-state index contributed by atoms with van der Waals surface area (Å²) < 4.78 is 35.1. The van der Waals surface area contributed by atoms with Crippen LogP contribution in [-0.4, -0.2) is 50.9 Å². The third-order valence-electron chi connectivity index (χ3n) is 6.28. The number of carbonyl (C=O) groups is 2. The zero-order valence-corrected chi connectivity index (χ0v) is 25.4. The van der Waals surface area contributed by atoms with Crippen LogP contribution in [0.1, 0.15) is 39.2 Å². The Hall–Kier alpha value is -3.37. The number of carbonyl (C=O) groups excluding carboxylic acids is 2. The summed E-state index contributed by atoms with van der Waals surface area (Å²) in [6, 6.07) is 21.2. The van der Waals surface area contributed by atoms with Crippen molar-refractivity contribution in [1.29, 1.82) is 0 Å². The maximum atomic E-state index is 13.9. The van der Waals surface area contributed by atoms with Gasteiger partial charge in [0.1, 0.15) is 18.3 Å². The molecule has 0 aliphatic carbocycles. The second-order valence-electron chi connectivity index (χ2n) is 9.22. The minimum atomic E-state index is -4.14. The third kappa shape index (κ3) is 8.32. The average Bonchev–Trinajstić information content (AvgIpc) is 2.95. The van der Waals surface area contributed by atoms with Crippen molar-refractivity contribution in [2.24, 2.45) is 0 Å². The molecule has 214 valence electrons. The molecule has 10 heteroatoms. The fourth-order valence-corrected chi connectivity index (χ4v) is 5.94. The van der Waals surface area contributed by atoms with E-state index in [0.29, 0.717) is 24.6 Å². The van der Waals surface area contributed by atoms with Gasteiger partial charge in [-0.3, -0.25) is 13.9 Å². The number of ether oxygens (including phenoxy) is 1. The van der Waals surface area contributed by atoms with Crippen molar-refractivity contribution in [1.82, 2.24) is 10.2 Å². The lowest BCUT2D eigenvalue weighted by atomic mass is 10.1. The molecule has 1 N–H and O–H groups in total. The van der Waals surface area contributed by atoms with E-state index in [-0.39, 0.29) is 17.3 Å². The Morgan fingerprint density at radius 3 is 2.30 bits per heavy atom. The van der Waals surface area contributed by atoms with Crippen LogP contribution >= 0.6 is 15.9 Å². The van der Waals surface area contributed by atoms with Crippen LogP contribution < -0.4 is 14.4 Å². The predicted octanol–water partition coefficient (Wildman–Crippen LogP) is 5.38. The highest BCUT2D eigenvalue weighted by Crippen LogP contribution is 2.26. The van der Waals surface area contributed by atoms with Crippen molar-refractivity contribution in [3.8, 4) is 5.75 Å². The molecule has 3 aromatic rings. The second-order valence-corrected chi connectivity index (χ2v) is 12.0. The van der Waals surface area contributed by atoms with Crippen molar-refractivity contribution < 1.29 is 22.7 Å². The molecule has 3 aromatic carbocycles. The number of sulfonamides is 1. The average molecular weight is 631 g/mol. The lowest BCUT2D eigenvalue weighted by Crippen LogP contribution is -2.51. The Kier molecular flexibility index (Phi) is 11.6. The molecule has 0 aromatic heterocycles. The fraction of sp³-hybridized carbons (Fsp3) is 0.333. The monoisotopic (exact) mass is 629 g/mol. The van der Waals surface area contributed by atoms with E-state index < -0.39 is 28.5 Å².